The van der Waals surface area contributed by atoms with E-state index < -0.39 is 0 Å². The van der Waals surface area contributed by atoms with Gasteiger partial charge in [-0.15, -0.1) is 0 Å². The van der Waals surface area contributed by atoms with E-state index in [1.54, 1.807) is 12.7 Å². The fourth-order valence-corrected chi connectivity index (χ4v) is 2.24. The lowest BCUT2D eigenvalue weighted by Crippen LogP contribution is -2.16. The Balaban J connectivity index is 1.86. The van der Waals surface area contributed by atoms with Crippen molar-refractivity contribution in [3.8, 4) is 0 Å². The standard InChI is InChI=1S/C12H12ClN3/c13-11-3-1-10(2-4-11)12(5-6-12)7-16-9-14-8-15-16/h1-4,8-9H,5-7H2. The molecular weight excluding hydrogens is 222 g/mol. The molecule has 0 spiro atoms. The maximum atomic E-state index is 5.90. The Morgan fingerprint density at radius 2 is 2.00 bits per heavy atom. The number of hydrogen-bond acceptors (Lipinski definition) is 2. The van der Waals surface area contributed by atoms with E-state index in [1.807, 2.05) is 16.8 Å². The Morgan fingerprint density at radius 3 is 2.56 bits per heavy atom. The summed E-state index contributed by atoms with van der Waals surface area (Å²) in [5.74, 6) is 0. The maximum Gasteiger partial charge on any atom is 0.137 e. The zero-order chi connectivity index (χ0) is 11.0. The van der Waals surface area contributed by atoms with Crippen molar-refractivity contribution in [3.63, 3.8) is 0 Å². The van der Waals surface area contributed by atoms with E-state index in [-0.39, 0.29) is 5.41 Å². The molecule has 2 aromatic rings. The molecule has 1 fully saturated rings. The fraction of sp³-hybridized carbons (Fsp3) is 0.333. The molecule has 1 aromatic heterocycles. The minimum atomic E-state index is 0.262. The van der Waals surface area contributed by atoms with Gasteiger partial charge in [-0.1, -0.05) is 23.7 Å². The van der Waals surface area contributed by atoms with Crippen LogP contribution in [0.3, 0.4) is 0 Å². The Kier molecular flexibility index (Phi) is 2.21. The highest BCUT2D eigenvalue weighted by molar-refractivity contribution is 6.30. The van der Waals surface area contributed by atoms with Crippen LogP contribution in [-0.4, -0.2) is 14.8 Å². The molecule has 1 heterocycles. The van der Waals surface area contributed by atoms with Gasteiger partial charge < -0.3 is 0 Å². The van der Waals surface area contributed by atoms with Gasteiger partial charge in [0.15, 0.2) is 0 Å². The first-order valence-electron chi connectivity index (χ1n) is 5.37. The van der Waals surface area contributed by atoms with E-state index in [1.165, 1.54) is 18.4 Å². The van der Waals surface area contributed by atoms with Crippen LogP contribution in [-0.2, 0) is 12.0 Å². The highest BCUT2D eigenvalue weighted by Crippen LogP contribution is 2.49. The Hall–Kier alpha value is -1.35. The van der Waals surface area contributed by atoms with Crippen molar-refractivity contribution >= 4 is 11.6 Å². The molecule has 3 rings (SSSR count). The van der Waals surface area contributed by atoms with Crippen LogP contribution in [0.25, 0.3) is 0 Å². The number of benzene rings is 1. The van der Waals surface area contributed by atoms with Crippen molar-refractivity contribution < 1.29 is 0 Å². The molecule has 0 amide bonds. The van der Waals surface area contributed by atoms with Crippen LogP contribution in [0, 0.1) is 0 Å². The van der Waals surface area contributed by atoms with Crippen LogP contribution in [0.5, 0.6) is 0 Å². The van der Waals surface area contributed by atoms with E-state index in [0.29, 0.717) is 0 Å². The lowest BCUT2D eigenvalue weighted by atomic mass is 9.96. The third kappa shape index (κ3) is 1.71. The van der Waals surface area contributed by atoms with Crippen LogP contribution in [0.1, 0.15) is 18.4 Å². The molecule has 1 aliphatic carbocycles. The number of nitrogens with zero attached hydrogens (tertiary/aromatic N) is 3. The smallest absolute Gasteiger partial charge is 0.137 e. The molecule has 0 atom stereocenters. The quantitative estimate of drug-likeness (QED) is 0.816. The molecule has 0 radical (unpaired) electrons. The average Bonchev–Trinajstić information content (AvgIpc) is 2.88. The molecular formula is C12H12ClN3. The lowest BCUT2D eigenvalue weighted by Gasteiger charge is -2.15. The first kappa shape index (κ1) is 9.85. The second-order valence-electron chi connectivity index (χ2n) is 4.38. The highest BCUT2D eigenvalue weighted by atomic mass is 35.5. The predicted octanol–water partition coefficient (Wildman–Crippen LogP) is 2.66. The van der Waals surface area contributed by atoms with Gasteiger partial charge in [-0.05, 0) is 30.5 Å². The molecule has 4 heteroatoms. The normalized spacial score (nSPS) is 17.3. The Bertz CT molecular complexity index is 471. The largest absolute Gasteiger partial charge is 0.252 e. The summed E-state index contributed by atoms with van der Waals surface area (Å²) in [6.45, 7) is 0.911. The van der Waals surface area contributed by atoms with Gasteiger partial charge in [0.1, 0.15) is 12.7 Å². The zero-order valence-corrected chi connectivity index (χ0v) is 9.56. The molecule has 1 aromatic carbocycles. The highest BCUT2D eigenvalue weighted by Gasteiger charge is 2.44. The third-order valence-electron chi connectivity index (χ3n) is 3.24. The fourth-order valence-electron chi connectivity index (χ4n) is 2.12. The van der Waals surface area contributed by atoms with Crippen molar-refractivity contribution in [2.45, 2.75) is 24.8 Å². The lowest BCUT2D eigenvalue weighted by molar-refractivity contribution is 0.502. The Morgan fingerprint density at radius 1 is 1.25 bits per heavy atom. The second-order valence-corrected chi connectivity index (χ2v) is 4.82. The molecule has 3 nitrogen and oxygen atoms in total. The van der Waals surface area contributed by atoms with Gasteiger partial charge in [0.05, 0.1) is 6.54 Å². The summed E-state index contributed by atoms with van der Waals surface area (Å²) in [5.41, 5.74) is 1.62. The summed E-state index contributed by atoms with van der Waals surface area (Å²) in [7, 11) is 0. The van der Waals surface area contributed by atoms with Crippen molar-refractivity contribution in [2.75, 3.05) is 0 Å². The first-order chi connectivity index (χ1) is 7.78. The summed E-state index contributed by atoms with van der Waals surface area (Å²) in [4.78, 5) is 3.97. The summed E-state index contributed by atoms with van der Waals surface area (Å²) < 4.78 is 1.90. The van der Waals surface area contributed by atoms with Gasteiger partial charge in [-0.3, -0.25) is 4.68 Å². The molecule has 1 aliphatic rings. The van der Waals surface area contributed by atoms with Crippen molar-refractivity contribution in [1.29, 1.82) is 0 Å². The molecule has 0 unspecified atom stereocenters. The number of hydrogen-bond donors (Lipinski definition) is 0. The summed E-state index contributed by atoms with van der Waals surface area (Å²) in [6.07, 6.45) is 5.79. The second kappa shape index (κ2) is 3.59. The van der Waals surface area contributed by atoms with Crippen LogP contribution >= 0.6 is 11.6 Å². The molecule has 0 aliphatic heterocycles. The van der Waals surface area contributed by atoms with Gasteiger partial charge in [0.25, 0.3) is 0 Å². The predicted molar refractivity (Wildman–Crippen MR) is 62.4 cm³/mol. The Labute approximate surface area is 99.1 Å². The summed E-state index contributed by atoms with van der Waals surface area (Å²) in [5, 5.41) is 4.96. The van der Waals surface area contributed by atoms with Crippen LogP contribution < -0.4 is 0 Å². The first-order valence-corrected chi connectivity index (χ1v) is 5.75. The number of rotatable bonds is 3. The molecule has 0 bridgehead atoms. The van der Waals surface area contributed by atoms with Gasteiger partial charge in [0.2, 0.25) is 0 Å². The van der Waals surface area contributed by atoms with E-state index in [2.05, 4.69) is 22.2 Å². The maximum absolute atomic E-state index is 5.90. The minimum Gasteiger partial charge on any atom is -0.252 e. The van der Waals surface area contributed by atoms with E-state index in [0.717, 1.165) is 11.6 Å². The third-order valence-corrected chi connectivity index (χ3v) is 3.49. The molecule has 16 heavy (non-hydrogen) atoms. The van der Waals surface area contributed by atoms with E-state index in [9.17, 15) is 0 Å². The van der Waals surface area contributed by atoms with Crippen LogP contribution in [0.4, 0.5) is 0 Å². The van der Waals surface area contributed by atoms with Gasteiger partial charge in [-0.2, -0.15) is 5.10 Å². The SMILES string of the molecule is Clc1ccc(C2(Cn3cncn3)CC2)cc1. The van der Waals surface area contributed by atoms with Gasteiger partial charge in [0, 0.05) is 10.4 Å². The van der Waals surface area contributed by atoms with Crippen molar-refractivity contribution in [2.24, 2.45) is 0 Å². The average molecular weight is 234 g/mol. The summed E-state index contributed by atoms with van der Waals surface area (Å²) >= 11 is 5.90. The topological polar surface area (TPSA) is 30.7 Å². The molecule has 1 saturated carbocycles. The van der Waals surface area contributed by atoms with E-state index >= 15 is 0 Å². The number of aromatic nitrogens is 3. The minimum absolute atomic E-state index is 0.262. The monoisotopic (exact) mass is 233 g/mol. The van der Waals surface area contributed by atoms with E-state index in [4.69, 9.17) is 11.6 Å². The summed E-state index contributed by atoms with van der Waals surface area (Å²) in [6, 6.07) is 8.15. The van der Waals surface area contributed by atoms with Crippen molar-refractivity contribution in [3.05, 3.63) is 47.5 Å². The zero-order valence-electron chi connectivity index (χ0n) is 8.81. The van der Waals surface area contributed by atoms with Crippen LogP contribution in [0.15, 0.2) is 36.9 Å². The van der Waals surface area contributed by atoms with Crippen LogP contribution in [0.2, 0.25) is 5.02 Å². The van der Waals surface area contributed by atoms with Gasteiger partial charge in [-0.25, -0.2) is 4.98 Å². The molecule has 82 valence electrons. The molecule has 0 saturated heterocycles. The van der Waals surface area contributed by atoms with Gasteiger partial charge >= 0.3 is 0 Å². The molecule has 0 N–H and O–H groups in total. The number of halogens is 1. The van der Waals surface area contributed by atoms with Crippen molar-refractivity contribution in [1.82, 2.24) is 14.8 Å².